The summed E-state index contributed by atoms with van der Waals surface area (Å²) in [6, 6.07) is 9.83. The predicted molar refractivity (Wildman–Crippen MR) is 80.7 cm³/mol. The van der Waals surface area contributed by atoms with E-state index in [9.17, 15) is 4.79 Å². The fourth-order valence-electron chi connectivity index (χ4n) is 2.06. The lowest BCUT2D eigenvalue weighted by Crippen LogP contribution is -2.14. The van der Waals surface area contributed by atoms with Crippen LogP contribution in [0.5, 0.6) is 0 Å². The third kappa shape index (κ3) is 2.93. The van der Waals surface area contributed by atoms with Gasteiger partial charge in [0.1, 0.15) is 0 Å². The molecule has 1 aromatic heterocycles. The van der Waals surface area contributed by atoms with Gasteiger partial charge in [-0.15, -0.1) is 0 Å². The Balaban J connectivity index is 2.51. The third-order valence-corrected chi connectivity index (χ3v) is 3.19. The largest absolute Gasteiger partial charge is 0.294 e. The molecule has 2 aromatic rings. The molecule has 0 atom stereocenters. The molecule has 0 aliphatic heterocycles. The van der Waals surface area contributed by atoms with Gasteiger partial charge in [-0.3, -0.25) is 4.79 Å². The van der Waals surface area contributed by atoms with Gasteiger partial charge in [-0.2, -0.15) is 0 Å². The Labute approximate surface area is 120 Å². The van der Waals surface area contributed by atoms with Crippen molar-refractivity contribution in [3.8, 4) is 11.4 Å². The molecule has 0 radical (unpaired) electrons. The number of hydrogen-bond donors (Lipinski definition) is 0. The van der Waals surface area contributed by atoms with Crippen LogP contribution in [0.25, 0.3) is 11.4 Å². The number of aromatic nitrogens is 2. The zero-order chi connectivity index (χ0) is 14.7. The molecule has 0 bridgehead atoms. The van der Waals surface area contributed by atoms with E-state index in [0.29, 0.717) is 11.4 Å². The molecule has 3 heteroatoms. The number of ketones is 1. The van der Waals surface area contributed by atoms with E-state index in [4.69, 9.17) is 0 Å². The summed E-state index contributed by atoms with van der Waals surface area (Å²) in [5.74, 6) is 0.930. The van der Waals surface area contributed by atoms with Crippen molar-refractivity contribution in [1.29, 1.82) is 0 Å². The van der Waals surface area contributed by atoms with Gasteiger partial charge in [-0.1, -0.05) is 58.0 Å². The van der Waals surface area contributed by atoms with Crippen LogP contribution in [-0.4, -0.2) is 15.8 Å². The lowest BCUT2D eigenvalue weighted by atomic mass is 9.96. The van der Waals surface area contributed by atoms with Crippen LogP contribution in [0.3, 0.4) is 0 Å². The Morgan fingerprint density at radius 2 is 1.70 bits per heavy atom. The maximum Gasteiger partial charge on any atom is 0.168 e. The van der Waals surface area contributed by atoms with Crippen LogP contribution in [0.4, 0.5) is 0 Å². The summed E-state index contributed by atoms with van der Waals surface area (Å²) in [5.41, 5.74) is 2.45. The van der Waals surface area contributed by atoms with E-state index in [1.165, 1.54) is 0 Å². The Kier molecular flexibility index (Phi) is 4.28. The first-order valence-electron chi connectivity index (χ1n) is 6.97. The molecular weight excluding hydrogens is 248 g/mol. The molecule has 1 aromatic carbocycles. The highest BCUT2D eigenvalue weighted by molar-refractivity contribution is 5.98. The van der Waals surface area contributed by atoms with Crippen LogP contribution in [0, 0.1) is 5.92 Å². The molecule has 0 fully saturated rings. The summed E-state index contributed by atoms with van der Waals surface area (Å²) in [4.78, 5) is 21.2. The first kappa shape index (κ1) is 14.4. The number of Topliss-reactive ketones (excluding diaryl/α,β-unsaturated/α-hetero) is 1. The first-order valence-corrected chi connectivity index (χ1v) is 6.97. The van der Waals surface area contributed by atoms with Gasteiger partial charge in [0.2, 0.25) is 0 Å². The van der Waals surface area contributed by atoms with Gasteiger partial charge in [0.05, 0.1) is 11.3 Å². The molecule has 2 rings (SSSR count). The molecule has 20 heavy (non-hydrogen) atoms. The van der Waals surface area contributed by atoms with E-state index < -0.39 is 0 Å². The fraction of sp³-hybridized carbons (Fsp3) is 0.353. The number of hydrogen-bond acceptors (Lipinski definition) is 3. The van der Waals surface area contributed by atoms with Crippen LogP contribution in [0.1, 0.15) is 49.7 Å². The van der Waals surface area contributed by atoms with Gasteiger partial charge < -0.3 is 0 Å². The quantitative estimate of drug-likeness (QED) is 0.784. The SMILES string of the molecule is CC(C)C(=O)c1cnc(-c2ccccc2)nc1C(C)C. The molecule has 104 valence electrons. The molecule has 0 amide bonds. The van der Waals surface area contributed by atoms with Crippen LogP contribution in [0.2, 0.25) is 0 Å². The van der Waals surface area contributed by atoms with Gasteiger partial charge >= 0.3 is 0 Å². The maximum absolute atomic E-state index is 12.2. The summed E-state index contributed by atoms with van der Waals surface area (Å²) in [6.07, 6.45) is 1.67. The molecular formula is C17H20N2O. The van der Waals surface area contributed by atoms with E-state index >= 15 is 0 Å². The minimum Gasteiger partial charge on any atom is -0.294 e. The zero-order valence-electron chi connectivity index (χ0n) is 12.4. The number of rotatable bonds is 4. The van der Waals surface area contributed by atoms with Gasteiger partial charge in [-0.05, 0) is 5.92 Å². The van der Waals surface area contributed by atoms with Gasteiger partial charge in [0.25, 0.3) is 0 Å². The van der Waals surface area contributed by atoms with Crippen molar-refractivity contribution < 1.29 is 4.79 Å². The number of carbonyl (C=O) groups is 1. The minimum absolute atomic E-state index is 0.0429. The molecule has 0 unspecified atom stereocenters. The molecule has 0 N–H and O–H groups in total. The molecule has 3 nitrogen and oxygen atoms in total. The second kappa shape index (κ2) is 5.95. The van der Waals surface area contributed by atoms with E-state index in [0.717, 1.165) is 11.3 Å². The highest BCUT2D eigenvalue weighted by atomic mass is 16.1. The summed E-state index contributed by atoms with van der Waals surface area (Å²) in [5, 5.41) is 0. The van der Waals surface area contributed by atoms with E-state index in [-0.39, 0.29) is 17.6 Å². The Morgan fingerprint density at radius 1 is 1.05 bits per heavy atom. The number of benzene rings is 1. The normalized spacial score (nSPS) is 11.1. The van der Waals surface area contributed by atoms with Crippen LogP contribution >= 0.6 is 0 Å². The number of carbonyl (C=O) groups excluding carboxylic acids is 1. The van der Waals surface area contributed by atoms with Crippen molar-refractivity contribution in [2.75, 3.05) is 0 Å². The molecule has 0 aliphatic carbocycles. The third-order valence-electron chi connectivity index (χ3n) is 3.19. The monoisotopic (exact) mass is 268 g/mol. The average molecular weight is 268 g/mol. The van der Waals surface area contributed by atoms with Gasteiger partial charge in [0, 0.05) is 17.7 Å². The van der Waals surface area contributed by atoms with Gasteiger partial charge in [-0.25, -0.2) is 9.97 Å². The molecule has 0 spiro atoms. The molecule has 0 saturated heterocycles. The Hall–Kier alpha value is -2.03. The lowest BCUT2D eigenvalue weighted by molar-refractivity contribution is 0.0937. The molecule has 1 heterocycles. The molecule has 0 aliphatic rings. The van der Waals surface area contributed by atoms with E-state index in [1.807, 2.05) is 58.0 Å². The van der Waals surface area contributed by atoms with Gasteiger partial charge in [0.15, 0.2) is 11.6 Å². The standard InChI is InChI=1S/C17H20N2O/c1-11(2)15-14(16(20)12(3)4)10-18-17(19-15)13-8-6-5-7-9-13/h5-12H,1-4H3. The summed E-state index contributed by atoms with van der Waals surface area (Å²) < 4.78 is 0. The average Bonchev–Trinajstić information content (AvgIpc) is 2.46. The van der Waals surface area contributed by atoms with Crippen molar-refractivity contribution in [2.24, 2.45) is 5.92 Å². The van der Waals surface area contributed by atoms with Crippen molar-refractivity contribution in [1.82, 2.24) is 9.97 Å². The lowest BCUT2D eigenvalue weighted by Gasteiger charge is -2.13. The second-order valence-corrected chi connectivity index (χ2v) is 5.53. The minimum atomic E-state index is -0.0429. The van der Waals surface area contributed by atoms with Crippen molar-refractivity contribution in [3.05, 3.63) is 47.8 Å². The smallest absolute Gasteiger partial charge is 0.168 e. The van der Waals surface area contributed by atoms with Crippen molar-refractivity contribution in [2.45, 2.75) is 33.6 Å². The Bertz CT molecular complexity index is 604. The summed E-state index contributed by atoms with van der Waals surface area (Å²) in [6.45, 7) is 7.90. The maximum atomic E-state index is 12.2. The highest BCUT2D eigenvalue weighted by Crippen LogP contribution is 2.23. The van der Waals surface area contributed by atoms with Crippen molar-refractivity contribution >= 4 is 5.78 Å². The van der Waals surface area contributed by atoms with Crippen LogP contribution in [0.15, 0.2) is 36.5 Å². The summed E-state index contributed by atoms with van der Waals surface area (Å²) in [7, 11) is 0. The van der Waals surface area contributed by atoms with E-state index in [2.05, 4.69) is 9.97 Å². The summed E-state index contributed by atoms with van der Waals surface area (Å²) >= 11 is 0. The Morgan fingerprint density at radius 3 is 2.25 bits per heavy atom. The van der Waals surface area contributed by atoms with Crippen molar-refractivity contribution in [3.63, 3.8) is 0 Å². The first-order chi connectivity index (χ1) is 9.50. The topological polar surface area (TPSA) is 42.9 Å². The fourth-order valence-corrected chi connectivity index (χ4v) is 2.06. The van der Waals surface area contributed by atoms with Crippen LogP contribution in [-0.2, 0) is 0 Å². The molecule has 0 saturated carbocycles. The second-order valence-electron chi connectivity index (χ2n) is 5.53. The van der Waals surface area contributed by atoms with E-state index in [1.54, 1.807) is 6.20 Å². The highest BCUT2D eigenvalue weighted by Gasteiger charge is 2.19. The number of nitrogens with zero attached hydrogens (tertiary/aromatic N) is 2. The predicted octanol–water partition coefficient (Wildman–Crippen LogP) is 4.11. The van der Waals surface area contributed by atoms with Crippen LogP contribution < -0.4 is 0 Å². The zero-order valence-corrected chi connectivity index (χ0v) is 12.4.